The standard InChI is InChI=1S/C18H16N2S/c1-12(2)20-15-9-5-6-10-16(15)21-17-11-13-7-3-4-8-14(13)19-18(17)20/h3-12H,1-2H3. The van der Waals surface area contributed by atoms with Crippen LogP contribution in [0.3, 0.4) is 0 Å². The average molecular weight is 292 g/mol. The number of rotatable bonds is 1. The molecular weight excluding hydrogens is 276 g/mol. The summed E-state index contributed by atoms with van der Waals surface area (Å²) < 4.78 is 0. The van der Waals surface area contributed by atoms with E-state index in [1.807, 2.05) is 17.8 Å². The van der Waals surface area contributed by atoms with Gasteiger partial charge in [0.1, 0.15) is 5.82 Å². The van der Waals surface area contributed by atoms with Crippen LogP contribution in [0.1, 0.15) is 13.8 Å². The summed E-state index contributed by atoms with van der Waals surface area (Å²) in [5, 5.41) is 1.20. The highest BCUT2D eigenvalue weighted by Crippen LogP contribution is 2.48. The number of nitrogens with zero attached hydrogens (tertiary/aromatic N) is 2. The first-order valence-corrected chi connectivity index (χ1v) is 8.01. The summed E-state index contributed by atoms with van der Waals surface area (Å²) in [6, 6.07) is 19.5. The zero-order valence-electron chi connectivity index (χ0n) is 12.1. The van der Waals surface area contributed by atoms with Gasteiger partial charge < -0.3 is 4.90 Å². The minimum absolute atomic E-state index is 0.375. The summed E-state index contributed by atoms with van der Waals surface area (Å²) in [5.74, 6) is 1.08. The van der Waals surface area contributed by atoms with E-state index in [1.165, 1.54) is 20.9 Å². The van der Waals surface area contributed by atoms with Crippen molar-refractivity contribution in [2.24, 2.45) is 0 Å². The Morgan fingerprint density at radius 1 is 0.952 bits per heavy atom. The first-order chi connectivity index (χ1) is 10.2. The molecule has 2 nitrogen and oxygen atoms in total. The van der Waals surface area contributed by atoms with Gasteiger partial charge in [0.2, 0.25) is 0 Å². The van der Waals surface area contributed by atoms with Crippen LogP contribution in [-0.2, 0) is 0 Å². The van der Waals surface area contributed by atoms with Gasteiger partial charge in [-0.25, -0.2) is 4.98 Å². The van der Waals surface area contributed by atoms with Crippen molar-refractivity contribution in [3.63, 3.8) is 0 Å². The van der Waals surface area contributed by atoms with Crippen molar-refractivity contribution in [1.82, 2.24) is 4.98 Å². The van der Waals surface area contributed by atoms with Crippen molar-refractivity contribution in [1.29, 1.82) is 0 Å². The molecule has 3 heteroatoms. The van der Waals surface area contributed by atoms with Crippen molar-refractivity contribution in [2.75, 3.05) is 4.90 Å². The van der Waals surface area contributed by atoms with Gasteiger partial charge >= 0.3 is 0 Å². The number of aromatic nitrogens is 1. The second-order valence-electron chi connectivity index (χ2n) is 5.54. The third kappa shape index (κ3) is 2.00. The minimum Gasteiger partial charge on any atom is -0.322 e. The highest BCUT2D eigenvalue weighted by atomic mass is 32.2. The zero-order chi connectivity index (χ0) is 14.4. The molecule has 0 amide bonds. The fraction of sp³-hybridized carbons (Fsp3) is 0.167. The molecule has 0 N–H and O–H groups in total. The molecule has 4 rings (SSSR count). The van der Waals surface area contributed by atoms with Gasteiger partial charge in [-0.15, -0.1) is 0 Å². The maximum Gasteiger partial charge on any atom is 0.148 e. The lowest BCUT2D eigenvalue weighted by atomic mass is 10.2. The van der Waals surface area contributed by atoms with Crippen LogP contribution in [0.5, 0.6) is 0 Å². The third-order valence-electron chi connectivity index (χ3n) is 3.76. The number of benzene rings is 2. The average Bonchev–Trinajstić information content (AvgIpc) is 2.50. The number of hydrogen-bond donors (Lipinski definition) is 0. The Kier molecular flexibility index (Phi) is 2.89. The van der Waals surface area contributed by atoms with E-state index in [1.54, 1.807) is 0 Å². The van der Waals surface area contributed by atoms with Gasteiger partial charge in [0.05, 0.1) is 16.1 Å². The quantitative estimate of drug-likeness (QED) is 0.609. The van der Waals surface area contributed by atoms with Crippen molar-refractivity contribution >= 4 is 34.2 Å². The maximum atomic E-state index is 4.92. The number of para-hydroxylation sites is 2. The lowest BCUT2D eigenvalue weighted by Crippen LogP contribution is -2.29. The topological polar surface area (TPSA) is 16.1 Å². The number of anilines is 2. The summed E-state index contributed by atoms with van der Waals surface area (Å²) in [7, 11) is 0. The number of fused-ring (bicyclic) bond motifs is 3. The van der Waals surface area contributed by atoms with Crippen molar-refractivity contribution in [3.05, 3.63) is 54.6 Å². The maximum absolute atomic E-state index is 4.92. The van der Waals surface area contributed by atoms with E-state index in [2.05, 4.69) is 67.3 Å². The smallest absolute Gasteiger partial charge is 0.148 e. The summed E-state index contributed by atoms with van der Waals surface area (Å²) in [4.78, 5) is 9.80. The molecule has 1 aliphatic heterocycles. The molecule has 0 radical (unpaired) electrons. The van der Waals surface area contributed by atoms with E-state index in [0.717, 1.165) is 11.3 Å². The molecule has 21 heavy (non-hydrogen) atoms. The lowest BCUT2D eigenvalue weighted by Gasteiger charge is -2.34. The molecule has 2 heterocycles. The molecule has 2 aromatic carbocycles. The third-order valence-corrected chi connectivity index (χ3v) is 4.84. The van der Waals surface area contributed by atoms with Crippen molar-refractivity contribution in [2.45, 2.75) is 29.7 Å². The number of hydrogen-bond acceptors (Lipinski definition) is 3. The Bertz CT molecular complexity index is 826. The van der Waals surface area contributed by atoms with Crippen LogP contribution in [-0.4, -0.2) is 11.0 Å². The van der Waals surface area contributed by atoms with E-state index in [0.29, 0.717) is 6.04 Å². The van der Waals surface area contributed by atoms with Crippen LogP contribution in [0, 0.1) is 0 Å². The molecule has 0 saturated heterocycles. The largest absolute Gasteiger partial charge is 0.322 e. The molecule has 0 atom stereocenters. The van der Waals surface area contributed by atoms with E-state index >= 15 is 0 Å². The molecular formula is C18H16N2S. The Labute approximate surface area is 128 Å². The van der Waals surface area contributed by atoms with Gasteiger partial charge in [-0.05, 0) is 38.1 Å². The molecule has 0 spiro atoms. The first kappa shape index (κ1) is 12.7. The summed E-state index contributed by atoms with van der Waals surface area (Å²) in [6.45, 7) is 4.43. The molecule has 0 bridgehead atoms. The van der Waals surface area contributed by atoms with Gasteiger partial charge in [0.15, 0.2) is 0 Å². The molecule has 0 aliphatic carbocycles. The zero-order valence-corrected chi connectivity index (χ0v) is 12.9. The second-order valence-corrected chi connectivity index (χ2v) is 6.62. The van der Waals surface area contributed by atoms with E-state index in [9.17, 15) is 0 Å². The fourth-order valence-electron chi connectivity index (χ4n) is 2.83. The van der Waals surface area contributed by atoms with Crippen LogP contribution in [0.15, 0.2) is 64.4 Å². The van der Waals surface area contributed by atoms with Crippen LogP contribution in [0.2, 0.25) is 0 Å². The Morgan fingerprint density at radius 2 is 1.71 bits per heavy atom. The summed E-state index contributed by atoms with van der Waals surface area (Å²) in [6.07, 6.45) is 0. The van der Waals surface area contributed by atoms with Gasteiger partial charge in [-0.3, -0.25) is 0 Å². The predicted molar refractivity (Wildman–Crippen MR) is 89.6 cm³/mol. The summed E-state index contributed by atoms with van der Waals surface area (Å²) >= 11 is 1.81. The highest BCUT2D eigenvalue weighted by Gasteiger charge is 2.26. The van der Waals surface area contributed by atoms with Gasteiger partial charge in [0.25, 0.3) is 0 Å². The highest BCUT2D eigenvalue weighted by molar-refractivity contribution is 7.99. The van der Waals surface area contributed by atoms with E-state index < -0.39 is 0 Å². The van der Waals surface area contributed by atoms with Crippen LogP contribution < -0.4 is 4.90 Å². The van der Waals surface area contributed by atoms with E-state index in [4.69, 9.17) is 4.98 Å². The molecule has 0 unspecified atom stereocenters. The number of pyridine rings is 1. The molecule has 1 aliphatic rings. The van der Waals surface area contributed by atoms with Crippen molar-refractivity contribution in [3.8, 4) is 0 Å². The van der Waals surface area contributed by atoms with Gasteiger partial charge in [-0.2, -0.15) is 0 Å². The molecule has 0 saturated carbocycles. The Morgan fingerprint density at radius 3 is 2.57 bits per heavy atom. The second kappa shape index (κ2) is 4.78. The molecule has 0 fully saturated rings. The Balaban J connectivity index is 1.99. The van der Waals surface area contributed by atoms with Crippen LogP contribution >= 0.6 is 11.8 Å². The molecule has 1 aromatic heterocycles. The van der Waals surface area contributed by atoms with Gasteiger partial charge in [-0.1, -0.05) is 42.1 Å². The predicted octanol–water partition coefficient (Wildman–Crippen LogP) is 5.25. The SMILES string of the molecule is CC(C)N1c2ccccc2Sc2cc3ccccc3nc21. The summed E-state index contributed by atoms with van der Waals surface area (Å²) in [5.41, 5.74) is 2.31. The van der Waals surface area contributed by atoms with Gasteiger partial charge in [0, 0.05) is 16.3 Å². The van der Waals surface area contributed by atoms with E-state index in [-0.39, 0.29) is 0 Å². The van der Waals surface area contributed by atoms with Crippen LogP contribution in [0.4, 0.5) is 11.5 Å². The first-order valence-electron chi connectivity index (χ1n) is 7.20. The monoisotopic (exact) mass is 292 g/mol. The van der Waals surface area contributed by atoms with Crippen molar-refractivity contribution < 1.29 is 0 Å². The molecule has 104 valence electrons. The molecule has 3 aromatic rings. The van der Waals surface area contributed by atoms with Crippen LogP contribution in [0.25, 0.3) is 10.9 Å². The lowest BCUT2D eigenvalue weighted by molar-refractivity contribution is 0.762. The fourth-order valence-corrected chi connectivity index (χ4v) is 3.91. The Hall–Kier alpha value is -2.00. The normalized spacial score (nSPS) is 13.4. The minimum atomic E-state index is 0.375.